The van der Waals surface area contributed by atoms with Crippen LogP contribution in [0, 0.1) is 0 Å². The van der Waals surface area contributed by atoms with Gasteiger partial charge in [0.1, 0.15) is 17.9 Å². The maximum absolute atomic E-state index is 13.1. The van der Waals surface area contributed by atoms with Gasteiger partial charge in [-0.2, -0.15) is 13.2 Å². The molecule has 0 fully saturated rings. The summed E-state index contributed by atoms with van der Waals surface area (Å²) < 4.78 is 50.3. The number of nitrogens with one attached hydrogen (secondary N) is 1. The Hall–Kier alpha value is -2.52. The Balaban J connectivity index is 2.33. The smallest absolute Gasteiger partial charge is 0.417 e. The van der Waals surface area contributed by atoms with Crippen molar-refractivity contribution in [1.82, 2.24) is 9.88 Å². The van der Waals surface area contributed by atoms with E-state index >= 15 is 0 Å². The van der Waals surface area contributed by atoms with E-state index in [9.17, 15) is 18.0 Å². The van der Waals surface area contributed by atoms with Crippen LogP contribution >= 0.6 is 11.6 Å². The number of rotatable bonds is 8. The monoisotopic (exact) mass is 431 g/mol. The lowest BCUT2D eigenvalue weighted by Gasteiger charge is -2.16. The Morgan fingerprint density at radius 2 is 1.97 bits per heavy atom. The molecule has 0 saturated carbocycles. The van der Waals surface area contributed by atoms with Gasteiger partial charge >= 0.3 is 6.18 Å². The molecule has 0 spiro atoms. The number of ether oxygens (including phenoxy) is 2. The van der Waals surface area contributed by atoms with Gasteiger partial charge in [-0.1, -0.05) is 11.6 Å². The van der Waals surface area contributed by atoms with Gasteiger partial charge in [-0.25, -0.2) is 4.98 Å². The van der Waals surface area contributed by atoms with Crippen molar-refractivity contribution in [3.8, 4) is 11.6 Å². The Morgan fingerprint density at radius 3 is 2.59 bits per heavy atom. The molecule has 0 aliphatic carbocycles. The maximum Gasteiger partial charge on any atom is 0.417 e. The lowest BCUT2D eigenvalue weighted by molar-refractivity contribution is -0.137. The van der Waals surface area contributed by atoms with Gasteiger partial charge in [0.15, 0.2) is 0 Å². The van der Waals surface area contributed by atoms with Crippen LogP contribution in [-0.2, 0) is 6.18 Å². The number of pyridine rings is 1. The number of hydrogen-bond donors (Lipinski definition) is 1. The highest BCUT2D eigenvalue weighted by molar-refractivity contribution is 6.31. The number of benzene rings is 1. The molecule has 0 radical (unpaired) electrons. The summed E-state index contributed by atoms with van der Waals surface area (Å²) in [6.07, 6.45) is -3.22. The van der Waals surface area contributed by atoms with Gasteiger partial charge in [-0.05, 0) is 45.3 Å². The molecule has 1 aromatic carbocycles. The molecule has 158 valence electrons. The summed E-state index contributed by atoms with van der Waals surface area (Å²) in [5, 5.41) is 1.97. The van der Waals surface area contributed by atoms with E-state index in [0.717, 1.165) is 12.1 Å². The Labute approximate surface area is 171 Å². The second-order valence-corrected chi connectivity index (χ2v) is 6.63. The number of amides is 1. The summed E-state index contributed by atoms with van der Waals surface area (Å²) in [5.74, 6) is -0.470. The average Bonchev–Trinajstić information content (AvgIpc) is 2.62. The van der Waals surface area contributed by atoms with E-state index in [1.165, 1.54) is 18.3 Å². The number of hydrogen-bond acceptors (Lipinski definition) is 5. The van der Waals surface area contributed by atoms with Crippen LogP contribution in [0.1, 0.15) is 22.8 Å². The summed E-state index contributed by atoms with van der Waals surface area (Å²) in [7, 11) is 3.72. The van der Waals surface area contributed by atoms with Crippen LogP contribution < -0.4 is 14.8 Å². The van der Waals surface area contributed by atoms with Gasteiger partial charge in [0.2, 0.25) is 5.88 Å². The Morgan fingerprint density at radius 1 is 1.24 bits per heavy atom. The fourth-order valence-corrected chi connectivity index (χ4v) is 2.58. The van der Waals surface area contributed by atoms with Crippen LogP contribution in [-0.4, -0.2) is 49.6 Å². The predicted octanol–water partition coefficient (Wildman–Crippen LogP) is 4.35. The maximum atomic E-state index is 13.1. The van der Waals surface area contributed by atoms with Crippen molar-refractivity contribution < 1.29 is 27.4 Å². The quantitative estimate of drug-likeness (QED) is 0.673. The van der Waals surface area contributed by atoms with Crippen molar-refractivity contribution in [3.63, 3.8) is 0 Å². The molecular weight excluding hydrogens is 411 g/mol. The van der Waals surface area contributed by atoms with E-state index in [4.69, 9.17) is 21.1 Å². The van der Waals surface area contributed by atoms with Crippen LogP contribution in [0.2, 0.25) is 5.02 Å². The molecule has 0 unspecified atom stereocenters. The minimum Gasteiger partial charge on any atom is -0.493 e. The highest BCUT2D eigenvalue weighted by Crippen LogP contribution is 2.36. The molecule has 1 aromatic heterocycles. The number of halogens is 4. The second kappa shape index (κ2) is 9.80. The third kappa shape index (κ3) is 6.23. The molecule has 1 heterocycles. The summed E-state index contributed by atoms with van der Waals surface area (Å²) in [5.41, 5.74) is -1.12. The number of likely N-dealkylation sites (N-methyl/N-ethyl adjacent to an activating group) is 1. The lowest BCUT2D eigenvalue weighted by Crippen LogP contribution is -2.22. The zero-order valence-electron chi connectivity index (χ0n) is 16.1. The fourth-order valence-electron chi connectivity index (χ4n) is 2.36. The Bertz CT molecular complexity index is 860. The van der Waals surface area contributed by atoms with Gasteiger partial charge in [0, 0.05) is 18.4 Å². The molecule has 0 bridgehead atoms. The normalized spacial score (nSPS) is 11.4. The minimum atomic E-state index is -4.65. The van der Waals surface area contributed by atoms with Gasteiger partial charge in [0.05, 0.1) is 17.2 Å². The first-order chi connectivity index (χ1) is 13.6. The van der Waals surface area contributed by atoms with Crippen LogP contribution in [0.4, 0.5) is 18.9 Å². The molecule has 0 saturated heterocycles. The zero-order chi connectivity index (χ0) is 21.6. The van der Waals surface area contributed by atoms with Crippen LogP contribution in [0.25, 0.3) is 0 Å². The number of alkyl halides is 3. The first-order valence-corrected chi connectivity index (χ1v) is 9.08. The number of aromatic nitrogens is 1. The summed E-state index contributed by atoms with van der Waals surface area (Å²) in [6, 6.07) is 4.60. The molecular formula is C19H21ClF3N3O3. The van der Waals surface area contributed by atoms with Gasteiger partial charge < -0.3 is 19.7 Å². The van der Waals surface area contributed by atoms with E-state index in [0.29, 0.717) is 6.54 Å². The van der Waals surface area contributed by atoms with Crippen molar-refractivity contribution in [2.24, 2.45) is 0 Å². The molecule has 1 amide bonds. The molecule has 10 heteroatoms. The summed E-state index contributed by atoms with van der Waals surface area (Å²) >= 11 is 5.62. The summed E-state index contributed by atoms with van der Waals surface area (Å²) in [6.45, 7) is 2.85. The van der Waals surface area contributed by atoms with Crippen molar-refractivity contribution >= 4 is 23.2 Å². The second-order valence-electron chi connectivity index (χ2n) is 6.22. The predicted molar refractivity (Wildman–Crippen MR) is 104 cm³/mol. The van der Waals surface area contributed by atoms with Crippen molar-refractivity contribution in [2.75, 3.05) is 39.2 Å². The number of carbonyl (C=O) groups excluding carboxylic acids is 1. The van der Waals surface area contributed by atoms with E-state index in [2.05, 4.69) is 10.3 Å². The largest absolute Gasteiger partial charge is 0.493 e. The third-order valence-corrected chi connectivity index (χ3v) is 4.04. The zero-order valence-corrected chi connectivity index (χ0v) is 16.9. The van der Waals surface area contributed by atoms with E-state index in [-0.39, 0.29) is 36.1 Å². The minimum absolute atomic E-state index is 0.00313. The first kappa shape index (κ1) is 22.8. The standard InChI is InChI=1S/C19H21ClF3N3O3/c1-4-28-15-7-8-24-18(29-10-9-26(2)3)16(15)17(27)25-12-5-6-14(20)13(11-12)19(21,22)23/h5-8,11H,4,9-10H2,1-3H3,(H,25,27). The highest BCUT2D eigenvalue weighted by Gasteiger charge is 2.33. The fraction of sp³-hybridized carbons (Fsp3) is 0.368. The van der Waals surface area contributed by atoms with Crippen molar-refractivity contribution in [3.05, 3.63) is 46.6 Å². The molecule has 1 N–H and O–H groups in total. The number of carbonyl (C=O) groups is 1. The topological polar surface area (TPSA) is 63.7 Å². The van der Waals surface area contributed by atoms with E-state index in [1.807, 2.05) is 19.0 Å². The van der Waals surface area contributed by atoms with Crippen LogP contribution in [0.3, 0.4) is 0 Å². The van der Waals surface area contributed by atoms with Gasteiger partial charge in [0.25, 0.3) is 5.91 Å². The third-order valence-electron chi connectivity index (χ3n) is 3.71. The molecule has 0 aliphatic heterocycles. The molecule has 2 aromatic rings. The average molecular weight is 432 g/mol. The molecule has 6 nitrogen and oxygen atoms in total. The van der Waals surface area contributed by atoms with Gasteiger partial charge in [-0.15, -0.1) is 0 Å². The number of anilines is 1. The van der Waals surface area contributed by atoms with Crippen molar-refractivity contribution in [1.29, 1.82) is 0 Å². The van der Waals surface area contributed by atoms with Crippen molar-refractivity contribution in [2.45, 2.75) is 13.1 Å². The molecule has 0 atom stereocenters. The van der Waals surface area contributed by atoms with Gasteiger partial charge in [-0.3, -0.25) is 4.79 Å². The number of nitrogens with zero attached hydrogens (tertiary/aromatic N) is 2. The van der Waals surface area contributed by atoms with Crippen LogP contribution in [0.5, 0.6) is 11.6 Å². The van der Waals surface area contributed by atoms with Crippen LogP contribution in [0.15, 0.2) is 30.5 Å². The molecule has 0 aliphatic rings. The van der Waals surface area contributed by atoms with E-state index in [1.54, 1.807) is 6.92 Å². The van der Waals surface area contributed by atoms with E-state index < -0.39 is 22.7 Å². The Kier molecular flexibility index (Phi) is 7.69. The molecule has 29 heavy (non-hydrogen) atoms. The first-order valence-electron chi connectivity index (χ1n) is 8.71. The molecule has 2 rings (SSSR count). The summed E-state index contributed by atoms with van der Waals surface area (Å²) in [4.78, 5) is 18.8. The SMILES string of the molecule is CCOc1ccnc(OCCN(C)C)c1C(=O)Nc1ccc(Cl)c(C(F)(F)F)c1. The lowest BCUT2D eigenvalue weighted by atomic mass is 10.1. The highest BCUT2D eigenvalue weighted by atomic mass is 35.5.